The van der Waals surface area contributed by atoms with Crippen molar-refractivity contribution in [1.29, 1.82) is 0 Å². The van der Waals surface area contributed by atoms with Gasteiger partial charge in [0.05, 0.1) is 0 Å². The van der Waals surface area contributed by atoms with Gasteiger partial charge in [0.1, 0.15) is 5.60 Å². The summed E-state index contributed by atoms with van der Waals surface area (Å²) in [6.45, 7) is 5.90. The van der Waals surface area contributed by atoms with Gasteiger partial charge in [-0.1, -0.05) is 43.2 Å². The van der Waals surface area contributed by atoms with E-state index in [1.54, 1.807) is 0 Å². The minimum absolute atomic E-state index is 0. The molecule has 6 nitrogen and oxygen atoms in total. The number of carbonyl (C=O) groups excluding carboxylic acids is 1. The van der Waals surface area contributed by atoms with E-state index in [4.69, 9.17) is 10.5 Å². The van der Waals surface area contributed by atoms with Crippen LogP contribution in [0, 0.1) is 11.8 Å². The van der Waals surface area contributed by atoms with Crippen LogP contribution >= 0.6 is 12.4 Å². The Balaban J connectivity index is 0.000000311. The SMILES string of the molecule is CC(C)(C)OC(=O)N[C@H]1CCCC[C@H]1CO.Cl.N[C@H]1CC[C@H](c2ccccc2)C[C@H]1CO. The van der Waals surface area contributed by atoms with Gasteiger partial charge in [-0.2, -0.15) is 0 Å². The topological polar surface area (TPSA) is 105 Å². The lowest BCUT2D eigenvalue weighted by Crippen LogP contribution is -2.45. The van der Waals surface area contributed by atoms with E-state index >= 15 is 0 Å². The van der Waals surface area contributed by atoms with Crippen LogP contribution in [0.3, 0.4) is 0 Å². The number of benzene rings is 1. The third-order valence-electron chi connectivity index (χ3n) is 6.39. The Morgan fingerprint density at radius 3 is 2.25 bits per heavy atom. The van der Waals surface area contributed by atoms with Crippen LogP contribution in [0.15, 0.2) is 30.3 Å². The highest BCUT2D eigenvalue weighted by atomic mass is 35.5. The predicted octanol–water partition coefficient (Wildman–Crippen LogP) is 4.37. The zero-order valence-corrected chi connectivity index (χ0v) is 20.7. The van der Waals surface area contributed by atoms with Crippen LogP contribution in [0.1, 0.15) is 77.2 Å². The van der Waals surface area contributed by atoms with Gasteiger partial charge in [0, 0.05) is 31.2 Å². The van der Waals surface area contributed by atoms with Crippen LogP contribution in [-0.4, -0.2) is 47.2 Å². The van der Waals surface area contributed by atoms with E-state index in [9.17, 15) is 15.0 Å². The van der Waals surface area contributed by atoms with E-state index in [1.165, 1.54) is 5.56 Å². The molecule has 2 aliphatic rings. The number of amides is 1. The maximum atomic E-state index is 11.6. The third kappa shape index (κ3) is 9.65. The average Bonchev–Trinajstić information content (AvgIpc) is 2.74. The molecule has 0 heterocycles. The van der Waals surface area contributed by atoms with E-state index in [0.29, 0.717) is 5.92 Å². The fraction of sp³-hybridized carbons (Fsp3) is 0.720. The number of aliphatic hydroxyl groups is 2. The van der Waals surface area contributed by atoms with Crippen molar-refractivity contribution in [3.63, 3.8) is 0 Å². The van der Waals surface area contributed by atoms with Gasteiger partial charge in [0.2, 0.25) is 0 Å². The number of rotatable bonds is 4. The summed E-state index contributed by atoms with van der Waals surface area (Å²) in [5, 5.41) is 21.3. The van der Waals surface area contributed by atoms with Crippen molar-refractivity contribution in [2.24, 2.45) is 17.6 Å². The average molecular weight is 471 g/mol. The molecule has 2 fully saturated rings. The summed E-state index contributed by atoms with van der Waals surface area (Å²) in [6, 6.07) is 10.8. The van der Waals surface area contributed by atoms with Crippen molar-refractivity contribution < 1.29 is 19.7 Å². The van der Waals surface area contributed by atoms with Crippen LogP contribution in [0.2, 0.25) is 0 Å². The molecule has 184 valence electrons. The summed E-state index contributed by atoms with van der Waals surface area (Å²) in [4.78, 5) is 11.6. The number of ether oxygens (including phenoxy) is 1. The summed E-state index contributed by atoms with van der Waals surface area (Å²) in [5.41, 5.74) is 6.90. The minimum atomic E-state index is -0.465. The number of hydrogen-bond acceptors (Lipinski definition) is 5. The largest absolute Gasteiger partial charge is 0.444 e. The number of hydrogen-bond donors (Lipinski definition) is 4. The first-order valence-electron chi connectivity index (χ1n) is 11.7. The van der Waals surface area contributed by atoms with Crippen LogP contribution in [0.25, 0.3) is 0 Å². The first kappa shape index (κ1) is 28.7. The highest BCUT2D eigenvalue weighted by molar-refractivity contribution is 5.85. The number of nitrogens with two attached hydrogens (primary N) is 1. The van der Waals surface area contributed by atoms with E-state index in [-0.39, 0.29) is 55.6 Å². The summed E-state index contributed by atoms with van der Waals surface area (Å²) in [7, 11) is 0. The number of carbonyl (C=O) groups is 1. The molecule has 2 aliphatic carbocycles. The van der Waals surface area contributed by atoms with Crippen LogP contribution in [-0.2, 0) is 4.74 Å². The molecule has 0 aliphatic heterocycles. The van der Waals surface area contributed by atoms with Gasteiger partial charge >= 0.3 is 6.09 Å². The van der Waals surface area contributed by atoms with Crippen molar-refractivity contribution >= 4 is 18.5 Å². The zero-order valence-electron chi connectivity index (χ0n) is 19.8. The lowest BCUT2D eigenvalue weighted by atomic mass is 9.76. The predicted molar refractivity (Wildman–Crippen MR) is 131 cm³/mol. The van der Waals surface area contributed by atoms with Crippen LogP contribution in [0.5, 0.6) is 0 Å². The first-order valence-corrected chi connectivity index (χ1v) is 11.7. The molecule has 1 aromatic carbocycles. The molecule has 5 atom stereocenters. The molecule has 0 unspecified atom stereocenters. The monoisotopic (exact) mass is 470 g/mol. The van der Waals surface area contributed by atoms with Crippen LogP contribution in [0.4, 0.5) is 4.79 Å². The molecule has 0 spiro atoms. The molecule has 7 heteroatoms. The lowest BCUT2D eigenvalue weighted by molar-refractivity contribution is 0.0446. The maximum Gasteiger partial charge on any atom is 0.407 e. The van der Waals surface area contributed by atoms with Gasteiger partial charge < -0.3 is 26.0 Å². The first-order chi connectivity index (χ1) is 14.7. The highest BCUT2D eigenvalue weighted by Crippen LogP contribution is 2.35. The molecular formula is C25H43ClN2O4. The smallest absolute Gasteiger partial charge is 0.407 e. The van der Waals surface area contributed by atoms with Crippen molar-refractivity contribution in [3.05, 3.63) is 35.9 Å². The molecule has 3 rings (SSSR count). The Bertz CT molecular complexity index is 653. The standard InChI is InChI=1S/C13H19NO.C12H23NO3.ClH/c14-13-7-6-11(8-12(13)9-15)10-4-2-1-3-5-10;1-12(2,3)16-11(15)13-10-7-5-4-6-9(10)8-14;/h1-5,11-13,15H,6-9,14H2;9-10,14H,4-8H2,1-3H3,(H,13,15);1H/t11-,12-,13-;9-,10-;/m00./s1. The zero-order chi connectivity index (χ0) is 22.9. The quantitative estimate of drug-likeness (QED) is 0.522. The second-order valence-electron chi connectivity index (χ2n) is 10.0. The fourth-order valence-corrected chi connectivity index (χ4v) is 4.60. The molecule has 32 heavy (non-hydrogen) atoms. The number of alkyl carbamates (subject to hydrolysis) is 1. The van der Waals surface area contributed by atoms with Crippen molar-refractivity contribution in [1.82, 2.24) is 5.32 Å². The molecule has 0 radical (unpaired) electrons. The Kier molecular flexibility index (Phi) is 12.6. The number of aliphatic hydroxyl groups excluding tert-OH is 2. The van der Waals surface area contributed by atoms with Crippen molar-refractivity contribution in [2.75, 3.05) is 13.2 Å². The molecule has 2 saturated carbocycles. The Hall–Kier alpha value is -1.34. The molecule has 0 bridgehead atoms. The fourth-order valence-electron chi connectivity index (χ4n) is 4.60. The maximum absolute atomic E-state index is 11.6. The highest BCUT2D eigenvalue weighted by Gasteiger charge is 2.29. The van der Waals surface area contributed by atoms with E-state index in [1.807, 2.05) is 26.8 Å². The number of nitrogens with one attached hydrogen (secondary N) is 1. The Morgan fingerprint density at radius 1 is 1.03 bits per heavy atom. The summed E-state index contributed by atoms with van der Waals surface area (Å²) in [5.74, 6) is 1.05. The van der Waals surface area contributed by atoms with Crippen molar-refractivity contribution in [2.45, 2.75) is 89.3 Å². The Labute approximate surface area is 199 Å². The minimum Gasteiger partial charge on any atom is -0.444 e. The van der Waals surface area contributed by atoms with Gasteiger partial charge in [0.15, 0.2) is 0 Å². The summed E-state index contributed by atoms with van der Waals surface area (Å²) >= 11 is 0. The normalized spacial score (nSPS) is 27.9. The summed E-state index contributed by atoms with van der Waals surface area (Å²) < 4.78 is 5.20. The number of halogens is 1. The molecule has 0 aromatic heterocycles. The van der Waals surface area contributed by atoms with Gasteiger partial charge in [0.25, 0.3) is 0 Å². The van der Waals surface area contributed by atoms with Gasteiger partial charge in [-0.15, -0.1) is 12.4 Å². The molecule has 5 N–H and O–H groups in total. The van der Waals surface area contributed by atoms with Crippen molar-refractivity contribution in [3.8, 4) is 0 Å². The van der Waals surface area contributed by atoms with Gasteiger partial charge in [-0.25, -0.2) is 4.79 Å². The van der Waals surface area contributed by atoms with Gasteiger partial charge in [-0.05, 0) is 70.3 Å². The van der Waals surface area contributed by atoms with E-state index < -0.39 is 5.60 Å². The second kappa shape index (κ2) is 14.0. The molecular weight excluding hydrogens is 428 g/mol. The molecule has 1 aromatic rings. The molecule has 1 amide bonds. The third-order valence-corrected chi connectivity index (χ3v) is 6.39. The van der Waals surface area contributed by atoms with Crippen LogP contribution < -0.4 is 11.1 Å². The van der Waals surface area contributed by atoms with E-state index in [2.05, 4.69) is 29.6 Å². The summed E-state index contributed by atoms with van der Waals surface area (Å²) in [6.07, 6.45) is 7.00. The second-order valence-corrected chi connectivity index (χ2v) is 10.0. The Morgan fingerprint density at radius 2 is 1.66 bits per heavy atom. The lowest BCUT2D eigenvalue weighted by Gasteiger charge is -2.33. The molecule has 0 saturated heterocycles. The van der Waals surface area contributed by atoms with Gasteiger partial charge in [-0.3, -0.25) is 0 Å². The van der Waals surface area contributed by atoms with E-state index in [0.717, 1.165) is 44.9 Å².